The lowest BCUT2D eigenvalue weighted by Crippen LogP contribution is -2.50. The minimum atomic E-state index is -0.179. The highest BCUT2D eigenvalue weighted by Crippen LogP contribution is 2.41. The van der Waals surface area contributed by atoms with Crippen LogP contribution in [0.5, 0.6) is 0 Å². The van der Waals surface area contributed by atoms with Gasteiger partial charge in [-0.1, -0.05) is 29.3 Å². The molecule has 0 aromatic carbocycles. The summed E-state index contributed by atoms with van der Waals surface area (Å²) in [4.78, 5) is 14.1. The average molecular weight is 518 g/mol. The maximum atomic E-state index is 6.49. The molecule has 35 heavy (non-hydrogen) atoms. The number of rotatable bonds is 5. The Labute approximate surface area is 217 Å². The van der Waals surface area contributed by atoms with E-state index in [1.54, 1.807) is 12.4 Å². The highest BCUT2D eigenvalue weighted by molar-refractivity contribution is 6.35. The first kappa shape index (κ1) is 23.9. The first-order valence-corrected chi connectivity index (χ1v) is 13.7. The molecule has 1 aliphatic carbocycles. The Hall–Kier alpha value is -1.48. The summed E-state index contributed by atoms with van der Waals surface area (Å²) < 4.78 is 6.49. The van der Waals surface area contributed by atoms with Crippen LogP contribution in [0.3, 0.4) is 0 Å². The second-order valence-corrected chi connectivity index (χ2v) is 11.3. The molecule has 7 nitrogen and oxygen atoms in total. The van der Waals surface area contributed by atoms with Crippen LogP contribution in [-0.2, 0) is 4.74 Å². The minimum Gasteiger partial charge on any atom is -0.370 e. The van der Waals surface area contributed by atoms with Gasteiger partial charge in [0.2, 0.25) is 0 Å². The number of anilines is 1. The molecular weight excluding hydrogens is 483 g/mol. The molecule has 5 heterocycles. The summed E-state index contributed by atoms with van der Waals surface area (Å²) in [7, 11) is 0. The van der Waals surface area contributed by atoms with Crippen LogP contribution in [0.1, 0.15) is 62.3 Å². The normalized spacial score (nSPS) is 31.9. The molecule has 4 unspecified atom stereocenters. The third-order valence-corrected chi connectivity index (χ3v) is 9.04. The van der Waals surface area contributed by atoms with Crippen molar-refractivity contribution in [3.05, 3.63) is 51.9 Å². The molecule has 4 aliphatic rings. The van der Waals surface area contributed by atoms with Gasteiger partial charge in [-0.15, -0.1) is 0 Å². The van der Waals surface area contributed by atoms with E-state index < -0.39 is 0 Å². The third-order valence-electron chi connectivity index (χ3n) is 8.44. The monoisotopic (exact) mass is 516 g/mol. The lowest BCUT2D eigenvalue weighted by atomic mass is 9.78. The Kier molecular flexibility index (Phi) is 6.90. The average Bonchev–Trinajstić information content (AvgIpc) is 3.50. The van der Waals surface area contributed by atoms with Crippen LogP contribution in [0.4, 0.5) is 5.82 Å². The number of halogens is 2. The van der Waals surface area contributed by atoms with Crippen LogP contribution in [0.2, 0.25) is 10.0 Å². The van der Waals surface area contributed by atoms with E-state index in [1.807, 2.05) is 6.92 Å². The number of fused-ring (bicyclic) bond motifs is 2. The predicted octanol–water partition coefficient (Wildman–Crippen LogP) is 4.53. The van der Waals surface area contributed by atoms with Gasteiger partial charge in [0.25, 0.3) is 0 Å². The van der Waals surface area contributed by atoms with E-state index in [4.69, 9.17) is 32.9 Å². The molecule has 1 saturated carbocycles. The summed E-state index contributed by atoms with van der Waals surface area (Å²) in [6.07, 6.45) is 11.0. The van der Waals surface area contributed by atoms with Crippen molar-refractivity contribution in [2.45, 2.75) is 69.4 Å². The molecule has 2 aromatic rings. The van der Waals surface area contributed by atoms with Crippen LogP contribution in [-0.4, -0.2) is 59.2 Å². The molecule has 0 radical (unpaired) electrons. The Balaban J connectivity index is 1.11. The fourth-order valence-electron chi connectivity index (χ4n) is 6.60. The Morgan fingerprint density at radius 1 is 1.03 bits per heavy atom. The molecular formula is C26H34Cl2N6O. The van der Waals surface area contributed by atoms with Crippen LogP contribution >= 0.6 is 23.2 Å². The summed E-state index contributed by atoms with van der Waals surface area (Å²) >= 11 is 12.7. The number of hydrazine groups is 1. The van der Waals surface area contributed by atoms with Gasteiger partial charge in [0.1, 0.15) is 5.82 Å². The topological polar surface area (TPSA) is 65.6 Å². The van der Waals surface area contributed by atoms with Crippen molar-refractivity contribution in [1.29, 1.82) is 0 Å². The molecule has 0 bridgehead atoms. The fourth-order valence-corrected chi connectivity index (χ4v) is 7.28. The quantitative estimate of drug-likeness (QED) is 0.604. The van der Waals surface area contributed by atoms with Gasteiger partial charge in [-0.3, -0.25) is 15.3 Å². The molecule has 0 amide bonds. The van der Waals surface area contributed by atoms with E-state index in [0.29, 0.717) is 28.0 Å². The van der Waals surface area contributed by atoms with E-state index in [0.717, 1.165) is 50.3 Å². The van der Waals surface area contributed by atoms with E-state index in [-0.39, 0.29) is 18.2 Å². The lowest BCUT2D eigenvalue weighted by Gasteiger charge is -2.38. The maximum absolute atomic E-state index is 6.49. The van der Waals surface area contributed by atoms with Gasteiger partial charge in [0.15, 0.2) is 0 Å². The number of aromatic nitrogens is 2. The van der Waals surface area contributed by atoms with Crippen molar-refractivity contribution >= 4 is 29.0 Å². The highest BCUT2D eigenvalue weighted by atomic mass is 35.5. The van der Waals surface area contributed by atoms with Crippen molar-refractivity contribution in [3.8, 4) is 0 Å². The van der Waals surface area contributed by atoms with Gasteiger partial charge in [0.05, 0.1) is 28.3 Å². The number of pyridine rings is 2. The maximum Gasteiger partial charge on any atom is 0.128 e. The molecule has 6 rings (SSSR count). The van der Waals surface area contributed by atoms with Crippen LogP contribution < -0.4 is 15.8 Å². The van der Waals surface area contributed by atoms with Crippen molar-refractivity contribution in [1.82, 2.24) is 25.7 Å². The molecule has 2 N–H and O–H groups in total. The predicted molar refractivity (Wildman–Crippen MR) is 139 cm³/mol. The molecule has 0 spiro atoms. The summed E-state index contributed by atoms with van der Waals surface area (Å²) in [6.45, 7) is 6.61. The number of piperazine rings is 1. The summed E-state index contributed by atoms with van der Waals surface area (Å²) in [5.41, 5.74) is 9.15. The first-order valence-electron chi connectivity index (χ1n) is 13.0. The Bertz CT molecular complexity index is 1020. The summed E-state index contributed by atoms with van der Waals surface area (Å²) in [6, 6.07) is 5.84. The molecule has 2 aromatic heterocycles. The molecule has 4 fully saturated rings. The van der Waals surface area contributed by atoms with Gasteiger partial charge in [-0.05, 0) is 63.1 Å². The van der Waals surface area contributed by atoms with Crippen LogP contribution in [0.15, 0.2) is 30.7 Å². The van der Waals surface area contributed by atoms with Crippen molar-refractivity contribution in [3.63, 3.8) is 0 Å². The van der Waals surface area contributed by atoms with Crippen LogP contribution in [0.25, 0.3) is 0 Å². The van der Waals surface area contributed by atoms with Gasteiger partial charge in [-0.2, -0.15) is 0 Å². The Morgan fingerprint density at radius 3 is 2.69 bits per heavy atom. The van der Waals surface area contributed by atoms with E-state index >= 15 is 0 Å². The third kappa shape index (κ3) is 4.79. The summed E-state index contributed by atoms with van der Waals surface area (Å²) in [5.74, 6) is 1.55. The Morgan fingerprint density at radius 2 is 1.89 bits per heavy atom. The smallest absolute Gasteiger partial charge is 0.128 e. The van der Waals surface area contributed by atoms with E-state index in [9.17, 15) is 0 Å². The first-order chi connectivity index (χ1) is 17.1. The summed E-state index contributed by atoms with van der Waals surface area (Å²) in [5, 5.41) is 1.11. The number of hydrogen-bond acceptors (Lipinski definition) is 7. The van der Waals surface area contributed by atoms with Crippen LogP contribution in [0, 0.1) is 5.92 Å². The number of nitrogens with zero attached hydrogens (tertiary/aromatic N) is 4. The van der Waals surface area contributed by atoms with Gasteiger partial charge >= 0.3 is 0 Å². The molecule has 9 heteroatoms. The van der Waals surface area contributed by atoms with Gasteiger partial charge in [0, 0.05) is 55.9 Å². The lowest BCUT2D eigenvalue weighted by molar-refractivity contribution is -0.0370. The second kappa shape index (κ2) is 10.1. The largest absolute Gasteiger partial charge is 0.370 e. The second-order valence-electron chi connectivity index (χ2n) is 10.5. The van der Waals surface area contributed by atoms with Gasteiger partial charge < -0.3 is 9.64 Å². The number of nitrogens with one attached hydrogen (secondary N) is 2. The van der Waals surface area contributed by atoms with Crippen molar-refractivity contribution in [2.24, 2.45) is 5.92 Å². The molecule has 188 valence electrons. The standard InChI is InChI=1S/C26H34Cl2N6O/c1-16(25-21(27)13-29-14-22(25)28)35-19-5-6-23-20(11-19)26(32-31-23)17-4-7-24(30-12-17)34-10-9-33-8-2-3-18(33)15-34/h4,7,12-14,16,18-20,23,26,31-32H,2-3,5-6,8-11,15H2,1H3/t16-,18+,19?,20?,23?,26?/m1/s1. The van der Waals surface area contributed by atoms with Crippen molar-refractivity contribution < 1.29 is 4.74 Å². The SMILES string of the molecule is C[C@@H](OC1CCC2NNC(c3ccc(N4CCN5CCC[C@H]5C4)nc3)C2C1)c1c(Cl)cncc1Cl. The molecule has 6 atom stereocenters. The number of hydrogen-bond donors (Lipinski definition) is 2. The minimum absolute atomic E-state index is 0.158. The number of ether oxygens (including phenoxy) is 1. The van der Waals surface area contributed by atoms with Gasteiger partial charge in [-0.25, -0.2) is 10.4 Å². The molecule has 3 aliphatic heterocycles. The fraction of sp³-hybridized carbons (Fsp3) is 0.615. The zero-order valence-electron chi connectivity index (χ0n) is 20.2. The van der Waals surface area contributed by atoms with E-state index in [1.165, 1.54) is 24.9 Å². The molecule has 3 saturated heterocycles. The zero-order chi connectivity index (χ0) is 23.9. The zero-order valence-corrected chi connectivity index (χ0v) is 21.7. The highest BCUT2D eigenvalue weighted by Gasteiger charge is 2.42. The van der Waals surface area contributed by atoms with E-state index in [2.05, 4.69) is 44.0 Å². The van der Waals surface area contributed by atoms with Crippen molar-refractivity contribution in [2.75, 3.05) is 31.1 Å².